The standard InChI is InChI=1S/C13H14IN3/c1-17(9-10-3-2-6-16-8-10)13-5-4-11(14)7-12(13)15/h2-8H,9,15H2,1H3. The lowest BCUT2D eigenvalue weighted by Crippen LogP contribution is -2.17. The zero-order chi connectivity index (χ0) is 12.3. The lowest BCUT2D eigenvalue weighted by atomic mass is 10.2. The van der Waals surface area contributed by atoms with Crippen molar-refractivity contribution in [2.24, 2.45) is 0 Å². The van der Waals surface area contributed by atoms with Crippen molar-refractivity contribution < 1.29 is 0 Å². The predicted molar refractivity (Wildman–Crippen MR) is 79.9 cm³/mol. The van der Waals surface area contributed by atoms with E-state index in [2.05, 4.69) is 44.6 Å². The van der Waals surface area contributed by atoms with Crippen molar-refractivity contribution in [3.8, 4) is 0 Å². The fourth-order valence-electron chi connectivity index (χ4n) is 1.72. The van der Waals surface area contributed by atoms with Gasteiger partial charge in [0, 0.05) is 29.6 Å². The maximum atomic E-state index is 6.01. The Morgan fingerprint density at radius 3 is 2.82 bits per heavy atom. The Kier molecular flexibility index (Phi) is 3.83. The van der Waals surface area contributed by atoms with E-state index in [1.807, 2.05) is 31.4 Å². The van der Waals surface area contributed by atoms with E-state index >= 15 is 0 Å². The van der Waals surface area contributed by atoms with Gasteiger partial charge in [-0.3, -0.25) is 4.98 Å². The molecular weight excluding hydrogens is 325 g/mol. The van der Waals surface area contributed by atoms with Crippen LogP contribution in [0.25, 0.3) is 0 Å². The normalized spacial score (nSPS) is 10.2. The molecule has 0 radical (unpaired) electrons. The number of aromatic nitrogens is 1. The minimum Gasteiger partial charge on any atom is -0.397 e. The molecule has 4 heteroatoms. The zero-order valence-electron chi connectivity index (χ0n) is 9.60. The maximum absolute atomic E-state index is 6.01. The van der Waals surface area contributed by atoms with Crippen molar-refractivity contribution in [1.29, 1.82) is 0 Å². The minimum atomic E-state index is 0.804. The molecule has 0 saturated heterocycles. The molecule has 0 spiro atoms. The number of hydrogen-bond acceptors (Lipinski definition) is 3. The van der Waals surface area contributed by atoms with Crippen molar-refractivity contribution in [1.82, 2.24) is 4.98 Å². The van der Waals surface area contributed by atoms with Gasteiger partial charge >= 0.3 is 0 Å². The number of halogens is 1. The van der Waals surface area contributed by atoms with Crippen LogP contribution in [0.15, 0.2) is 42.7 Å². The van der Waals surface area contributed by atoms with Gasteiger partial charge in [-0.05, 0) is 52.4 Å². The van der Waals surface area contributed by atoms with Crippen molar-refractivity contribution in [3.05, 3.63) is 51.9 Å². The van der Waals surface area contributed by atoms with Crippen LogP contribution < -0.4 is 10.6 Å². The van der Waals surface area contributed by atoms with Gasteiger partial charge in [-0.15, -0.1) is 0 Å². The number of rotatable bonds is 3. The van der Waals surface area contributed by atoms with Crippen LogP contribution >= 0.6 is 22.6 Å². The summed E-state index contributed by atoms with van der Waals surface area (Å²) in [5, 5.41) is 0. The molecular formula is C13H14IN3. The van der Waals surface area contributed by atoms with Gasteiger partial charge in [0.2, 0.25) is 0 Å². The van der Waals surface area contributed by atoms with E-state index < -0.39 is 0 Å². The first-order valence-corrected chi connectivity index (χ1v) is 6.40. The minimum absolute atomic E-state index is 0.804. The molecule has 0 saturated carbocycles. The van der Waals surface area contributed by atoms with Gasteiger partial charge in [0.1, 0.15) is 0 Å². The molecule has 1 heterocycles. The SMILES string of the molecule is CN(Cc1cccnc1)c1ccc(I)cc1N. The Morgan fingerprint density at radius 1 is 1.35 bits per heavy atom. The summed E-state index contributed by atoms with van der Waals surface area (Å²) in [5.41, 5.74) is 9.05. The van der Waals surface area contributed by atoms with Crippen LogP contribution in [0, 0.1) is 3.57 Å². The summed E-state index contributed by atoms with van der Waals surface area (Å²) >= 11 is 2.26. The van der Waals surface area contributed by atoms with Gasteiger partial charge in [-0.25, -0.2) is 0 Å². The fraction of sp³-hybridized carbons (Fsp3) is 0.154. The molecule has 0 aliphatic rings. The molecule has 0 amide bonds. The van der Waals surface area contributed by atoms with Gasteiger partial charge in [0.25, 0.3) is 0 Å². The summed E-state index contributed by atoms with van der Waals surface area (Å²) in [6, 6.07) is 10.1. The number of benzene rings is 1. The molecule has 88 valence electrons. The number of nitrogens with two attached hydrogens (primary N) is 1. The molecule has 17 heavy (non-hydrogen) atoms. The van der Waals surface area contributed by atoms with Crippen LogP contribution in [0.2, 0.25) is 0 Å². The highest BCUT2D eigenvalue weighted by molar-refractivity contribution is 14.1. The monoisotopic (exact) mass is 339 g/mol. The van der Waals surface area contributed by atoms with Crippen LogP contribution in [0.4, 0.5) is 11.4 Å². The molecule has 1 aromatic carbocycles. The fourth-order valence-corrected chi connectivity index (χ4v) is 2.24. The first kappa shape index (κ1) is 12.2. The molecule has 0 fully saturated rings. The lowest BCUT2D eigenvalue weighted by Gasteiger charge is -2.21. The van der Waals surface area contributed by atoms with Crippen molar-refractivity contribution in [2.45, 2.75) is 6.54 Å². The third kappa shape index (κ3) is 3.09. The quantitative estimate of drug-likeness (QED) is 0.691. The van der Waals surface area contributed by atoms with Crippen LogP contribution in [-0.4, -0.2) is 12.0 Å². The number of nitrogen functional groups attached to an aromatic ring is 1. The second-order valence-corrected chi connectivity index (χ2v) is 5.17. The van der Waals surface area contributed by atoms with Crippen LogP contribution in [0.5, 0.6) is 0 Å². The first-order valence-electron chi connectivity index (χ1n) is 5.32. The van der Waals surface area contributed by atoms with E-state index in [9.17, 15) is 0 Å². The van der Waals surface area contributed by atoms with E-state index in [0.29, 0.717) is 0 Å². The Bertz CT molecular complexity index is 499. The molecule has 2 rings (SSSR count). The molecule has 1 aromatic heterocycles. The van der Waals surface area contributed by atoms with Crippen molar-refractivity contribution in [2.75, 3.05) is 17.7 Å². The predicted octanol–water partition coefficient (Wildman–Crippen LogP) is 2.90. The summed E-state index contributed by atoms with van der Waals surface area (Å²) in [5.74, 6) is 0. The average Bonchev–Trinajstić information content (AvgIpc) is 2.30. The zero-order valence-corrected chi connectivity index (χ0v) is 11.8. The van der Waals surface area contributed by atoms with Gasteiger partial charge in [-0.2, -0.15) is 0 Å². The highest BCUT2D eigenvalue weighted by Crippen LogP contribution is 2.25. The summed E-state index contributed by atoms with van der Waals surface area (Å²) < 4.78 is 1.15. The summed E-state index contributed by atoms with van der Waals surface area (Å²) in [7, 11) is 2.03. The molecule has 0 atom stereocenters. The molecule has 0 unspecified atom stereocenters. The van der Waals surface area contributed by atoms with E-state index in [4.69, 9.17) is 5.73 Å². The number of nitrogens with zero attached hydrogens (tertiary/aromatic N) is 2. The second kappa shape index (κ2) is 5.35. The van der Waals surface area contributed by atoms with Gasteiger partial charge < -0.3 is 10.6 Å². The topological polar surface area (TPSA) is 42.2 Å². The Hall–Kier alpha value is -1.30. The highest BCUT2D eigenvalue weighted by Gasteiger charge is 2.06. The molecule has 3 nitrogen and oxygen atoms in total. The van der Waals surface area contributed by atoms with Crippen LogP contribution in [0.1, 0.15) is 5.56 Å². The van der Waals surface area contributed by atoms with Crippen LogP contribution in [-0.2, 0) is 6.54 Å². The molecule has 0 bridgehead atoms. The van der Waals surface area contributed by atoms with Crippen molar-refractivity contribution in [3.63, 3.8) is 0 Å². The summed E-state index contributed by atoms with van der Waals surface area (Å²) in [6.07, 6.45) is 3.65. The van der Waals surface area contributed by atoms with Gasteiger partial charge in [-0.1, -0.05) is 6.07 Å². The van der Waals surface area contributed by atoms with Crippen LogP contribution in [0.3, 0.4) is 0 Å². The maximum Gasteiger partial charge on any atom is 0.0601 e. The third-order valence-electron chi connectivity index (χ3n) is 2.54. The van der Waals surface area contributed by atoms with Gasteiger partial charge in [0.05, 0.1) is 11.4 Å². The van der Waals surface area contributed by atoms with E-state index in [1.54, 1.807) is 6.20 Å². The summed E-state index contributed by atoms with van der Waals surface area (Å²) in [4.78, 5) is 6.24. The highest BCUT2D eigenvalue weighted by atomic mass is 127. The number of anilines is 2. The Morgan fingerprint density at radius 2 is 2.18 bits per heavy atom. The van der Waals surface area contributed by atoms with E-state index in [0.717, 1.165) is 21.5 Å². The smallest absolute Gasteiger partial charge is 0.0601 e. The van der Waals surface area contributed by atoms with Gasteiger partial charge in [0.15, 0.2) is 0 Å². The second-order valence-electron chi connectivity index (χ2n) is 3.92. The summed E-state index contributed by atoms with van der Waals surface area (Å²) in [6.45, 7) is 0.804. The molecule has 2 N–H and O–H groups in total. The first-order chi connectivity index (χ1) is 8.16. The largest absolute Gasteiger partial charge is 0.397 e. The molecule has 2 aromatic rings. The lowest BCUT2D eigenvalue weighted by molar-refractivity contribution is 0.916. The molecule has 0 aliphatic carbocycles. The third-order valence-corrected chi connectivity index (χ3v) is 3.21. The van der Waals surface area contributed by atoms with Crippen molar-refractivity contribution >= 4 is 34.0 Å². The van der Waals surface area contributed by atoms with E-state index in [1.165, 1.54) is 5.56 Å². The van der Waals surface area contributed by atoms with E-state index in [-0.39, 0.29) is 0 Å². The Labute approximate surface area is 115 Å². The average molecular weight is 339 g/mol. The number of pyridine rings is 1. The number of hydrogen-bond donors (Lipinski definition) is 1. The Balaban J connectivity index is 2.17. The molecule has 0 aliphatic heterocycles.